The van der Waals surface area contributed by atoms with Gasteiger partial charge in [-0.05, 0) is 77.6 Å². The Kier molecular flexibility index (Phi) is 13.7. The van der Waals surface area contributed by atoms with E-state index in [1.165, 1.54) is 36.4 Å². The van der Waals surface area contributed by atoms with Crippen LogP contribution in [-0.4, -0.2) is 32.9 Å². The van der Waals surface area contributed by atoms with Gasteiger partial charge in [0.15, 0.2) is 0 Å². The minimum absolute atomic E-state index is 0.0513. The van der Waals surface area contributed by atoms with E-state index in [-0.39, 0.29) is 46.3 Å². The molecule has 2 N–H and O–H groups in total. The predicted molar refractivity (Wildman–Crippen MR) is 175 cm³/mol. The van der Waals surface area contributed by atoms with Crippen molar-refractivity contribution < 1.29 is 24.2 Å². The first-order valence-corrected chi connectivity index (χ1v) is 15.1. The molecule has 0 bridgehead atoms. The monoisotopic (exact) mass is 662 g/mol. The lowest BCUT2D eigenvalue weighted by atomic mass is 9.86. The van der Waals surface area contributed by atoms with Crippen LogP contribution in [0.25, 0.3) is 0 Å². The molecule has 11 nitrogen and oxygen atoms in total. The number of nitro benzene ring substituents is 2. The predicted octanol–water partition coefficient (Wildman–Crippen LogP) is 7.48. The summed E-state index contributed by atoms with van der Waals surface area (Å²) in [6, 6.07) is 8.54. The van der Waals surface area contributed by atoms with E-state index in [0.29, 0.717) is 36.8 Å². The average molecular weight is 664 g/mol. The van der Waals surface area contributed by atoms with E-state index >= 15 is 0 Å². The van der Waals surface area contributed by atoms with Crippen molar-refractivity contribution >= 4 is 46.4 Å². The lowest BCUT2D eigenvalue weighted by molar-refractivity contribution is -0.385. The lowest BCUT2D eigenvalue weighted by Crippen LogP contribution is -2.43. The maximum absolute atomic E-state index is 13.2. The zero-order chi connectivity index (χ0) is 33.9. The van der Waals surface area contributed by atoms with Crippen LogP contribution in [0.5, 0.6) is 0 Å². The van der Waals surface area contributed by atoms with Crippen molar-refractivity contribution in [2.75, 3.05) is 0 Å². The minimum atomic E-state index is -0.820. The number of nitrogens with one attached hydrogen (secondary N) is 2. The molecule has 0 saturated carbocycles. The minimum Gasteiger partial charge on any atom is -0.370 e. The molecule has 2 unspecified atom stereocenters. The highest BCUT2D eigenvalue weighted by atomic mass is 35.5. The van der Waals surface area contributed by atoms with Gasteiger partial charge in [0, 0.05) is 58.2 Å². The Bertz CT molecular complexity index is 1320. The maximum atomic E-state index is 13.2. The average Bonchev–Trinajstić information content (AvgIpc) is 2.94. The first-order valence-electron chi connectivity index (χ1n) is 14.3. The summed E-state index contributed by atoms with van der Waals surface area (Å²) in [5.74, 6) is -1.70. The van der Waals surface area contributed by atoms with Gasteiger partial charge in [0.05, 0.1) is 21.0 Å². The molecule has 0 radical (unpaired) electrons. The van der Waals surface area contributed by atoms with E-state index in [1.807, 2.05) is 27.7 Å². The van der Waals surface area contributed by atoms with Crippen LogP contribution in [-0.2, 0) is 27.4 Å². The Labute approximate surface area is 273 Å². The second-order valence-corrected chi connectivity index (χ2v) is 12.8. The molecule has 2 aromatic rings. The molecule has 0 heterocycles. The van der Waals surface area contributed by atoms with Crippen LogP contribution in [0.15, 0.2) is 61.7 Å². The molecule has 0 saturated heterocycles. The van der Waals surface area contributed by atoms with Crippen molar-refractivity contribution in [2.24, 2.45) is 11.8 Å². The number of carbonyl (C=O) groups excluding carboxylic acids is 2. The Hall–Kier alpha value is -3.80. The van der Waals surface area contributed by atoms with Crippen LogP contribution < -0.4 is 10.6 Å². The molecule has 13 heteroatoms. The van der Waals surface area contributed by atoms with Gasteiger partial charge in [-0.3, -0.25) is 29.8 Å². The fourth-order valence-corrected chi connectivity index (χ4v) is 5.69. The molecule has 0 fully saturated rings. The number of carbonyl (C=O) groups is 2. The van der Waals surface area contributed by atoms with Gasteiger partial charge >= 0.3 is 0 Å². The molecule has 2 rings (SSSR count). The van der Waals surface area contributed by atoms with E-state index in [1.54, 1.807) is 12.2 Å². The highest BCUT2D eigenvalue weighted by Crippen LogP contribution is 2.33. The van der Waals surface area contributed by atoms with Gasteiger partial charge < -0.3 is 15.4 Å². The van der Waals surface area contributed by atoms with Crippen LogP contribution in [0.2, 0.25) is 10.0 Å². The third-order valence-electron chi connectivity index (χ3n) is 7.07. The smallest absolute Gasteiger partial charge is 0.275 e. The molecule has 0 aliphatic rings. The van der Waals surface area contributed by atoms with Crippen LogP contribution >= 0.6 is 23.2 Å². The number of nitro groups is 2. The van der Waals surface area contributed by atoms with Crippen molar-refractivity contribution in [1.29, 1.82) is 0 Å². The van der Waals surface area contributed by atoms with Gasteiger partial charge in [0.2, 0.25) is 11.8 Å². The molecule has 0 aromatic heterocycles. The summed E-state index contributed by atoms with van der Waals surface area (Å²) in [6.07, 6.45) is 4.56. The lowest BCUT2D eigenvalue weighted by Gasteiger charge is -2.39. The van der Waals surface area contributed by atoms with Crippen molar-refractivity contribution in [1.82, 2.24) is 10.6 Å². The Morgan fingerprint density at radius 1 is 0.800 bits per heavy atom. The Morgan fingerprint density at radius 2 is 1.16 bits per heavy atom. The number of hydrogen-bond donors (Lipinski definition) is 2. The molecule has 0 spiro atoms. The summed E-state index contributed by atoms with van der Waals surface area (Å²) in [4.78, 5) is 48.2. The first kappa shape index (κ1) is 37.4. The summed E-state index contributed by atoms with van der Waals surface area (Å²) in [7, 11) is 0. The number of nitrogens with zero attached hydrogens (tertiary/aromatic N) is 2. The van der Waals surface area contributed by atoms with Crippen molar-refractivity contribution in [3.8, 4) is 0 Å². The Morgan fingerprint density at radius 3 is 1.47 bits per heavy atom. The summed E-state index contributed by atoms with van der Waals surface area (Å²) in [5, 5.41) is 28.9. The third kappa shape index (κ3) is 11.9. The number of benzene rings is 2. The van der Waals surface area contributed by atoms with Gasteiger partial charge in [0.25, 0.3) is 11.4 Å². The van der Waals surface area contributed by atoms with E-state index in [2.05, 4.69) is 23.8 Å². The number of ether oxygens (including phenoxy) is 1. The zero-order valence-corrected chi connectivity index (χ0v) is 27.5. The summed E-state index contributed by atoms with van der Waals surface area (Å²) in [6.45, 7) is 14.8. The van der Waals surface area contributed by atoms with E-state index < -0.39 is 32.9 Å². The largest absolute Gasteiger partial charge is 0.370 e. The van der Waals surface area contributed by atoms with Gasteiger partial charge in [-0.1, -0.05) is 35.4 Å². The second-order valence-electron chi connectivity index (χ2n) is 12.0. The van der Waals surface area contributed by atoms with Crippen molar-refractivity contribution in [2.45, 2.75) is 77.7 Å². The normalized spacial score (nSPS) is 12.9. The van der Waals surface area contributed by atoms with Gasteiger partial charge in [-0.2, -0.15) is 0 Å². The van der Waals surface area contributed by atoms with E-state index in [4.69, 9.17) is 27.9 Å². The number of hydrogen-bond acceptors (Lipinski definition) is 7. The van der Waals surface area contributed by atoms with E-state index in [0.717, 1.165) is 0 Å². The van der Waals surface area contributed by atoms with Crippen LogP contribution in [0.4, 0.5) is 11.4 Å². The highest BCUT2D eigenvalue weighted by molar-refractivity contribution is 6.31. The first-order chi connectivity index (χ1) is 21.0. The molecular weight excluding hydrogens is 623 g/mol. The van der Waals surface area contributed by atoms with Gasteiger partial charge in [-0.15, -0.1) is 13.2 Å². The summed E-state index contributed by atoms with van der Waals surface area (Å²) < 4.78 is 6.50. The standard InChI is InChI=1S/C32H40Cl2N4O7/c1-7-9-21(29(39)35-19-23-11-13-25(33)15-27(23)37(41)42)17-31(3,4)45-32(5,6)18-22(10-8-2)30(40)36-20-24-12-14-26(34)16-28(24)38(43)44/h7-8,11-16,21-22H,1-2,9-10,17-20H2,3-6H3,(H,35,39)(H,36,40). The molecule has 45 heavy (non-hydrogen) atoms. The number of allylic oxidation sites excluding steroid dienone is 2. The van der Waals surface area contributed by atoms with Gasteiger partial charge in [-0.25, -0.2) is 0 Å². The fraction of sp³-hybridized carbons (Fsp3) is 0.438. The van der Waals surface area contributed by atoms with Gasteiger partial charge in [0.1, 0.15) is 0 Å². The topological polar surface area (TPSA) is 154 Å². The molecule has 244 valence electrons. The quantitative estimate of drug-likeness (QED) is 0.0952. The maximum Gasteiger partial charge on any atom is 0.275 e. The number of amides is 2. The summed E-state index contributed by atoms with van der Waals surface area (Å²) >= 11 is 11.8. The third-order valence-corrected chi connectivity index (χ3v) is 7.54. The van der Waals surface area contributed by atoms with Crippen molar-refractivity contribution in [3.05, 3.63) is 103 Å². The molecule has 2 amide bonds. The molecule has 0 aliphatic heterocycles. The SMILES string of the molecule is C=CCC(CC(C)(C)OC(C)(C)CC(CC=C)C(=O)NCc1ccc(Cl)cc1[N+](=O)[O-])C(=O)NCc1ccc(Cl)cc1[N+](=O)[O-]. The van der Waals surface area contributed by atoms with Crippen LogP contribution in [0.1, 0.15) is 64.5 Å². The molecule has 2 atom stereocenters. The fourth-order valence-electron chi connectivity index (χ4n) is 5.35. The summed E-state index contributed by atoms with van der Waals surface area (Å²) in [5.41, 5.74) is -1.36. The van der Waals surface area contributed by atoms with Crippen molar-refractivity contribution in [3.63, 3.8) is 0 Å². The van der Waals surface area contributed by atoms with Crippen LogP contribution in [0, 0.1) is 32.1 Å². The number of rotatable bonds is 18. The number of halogens is 2. The second kappa shape index (κ2) is 16.5. The Balaban J connectivity index is 2.09. The van der Waals surface area contributed by atoms with E-state index in [9.17, 15) is 29.8 Å². The zero-order valence-electron chi connectivity index (χ0n) is 25.9. The van der Waals surface area contributed by atoms with Crippen LogP contribution in [0.3, 0.4) is 0 Å². The highest BCUT2D eigenvalue weighted by Gasteiger charge is 2.36. The molecule has 2 aromatic carbocycles. The molecular formula is C32H40Cl2N4O7. The molecule has 0 aliphatic carbocycles.